The van der Waals surface area contributed by atoms with Crippen molar-refractivity contribution in [2.24, 2.45) is 0 Å². The van der Waals surface area contributed by atoms with Gasteiger partial charge in [0.15, 0.2) is 0 Å². The van der Waals surface area contributed by atoms with Gasteiger partial charge in [-0.3, -0.25) is 4.90 Å². The Labute approximate surface area is 150 Å². The minimum atomic E-state index is 0.196. The highest BCUT2D eigenvalue weighted by molar-refractivity contribution is 9.10. The average Bonchev–Trinajstić information content (AvgIpc) is 3.07. The molecule has 1 aliphatic heterocycles. The van der Waals surface area contributed by atoms with Gasteiger partial charge in [-0.25, -0.2) is 0 Å². The zero-order chi connectivity index (χ0) is 16.5. The molecule has 0 bridgehead atoms. The number of aromatic nitrogens is 1. The topological polar surface area (TPSA) is 28.4 Å². The molecule has 122 valence electrons. The summed E-state index contributed by atoms with van der Waals surface area (Å²) in [6, 6.07) is 20.7. The summed E-state index contributed by atoms with van der Waals surface area (Å²) in [5.41, 5.74) is 3.53. The first kappa shape index (κ1) is 15.5. The number of benzene rings is 2. The second-order valence-corrected chi connectivity index (χ2v) is 7.00. The van der Waals surface area contributed by atoms with Crippen molar-refractivity contribution in [2.45, 2.75) is 19.1 Å². The Morgan fingerprint density at radius 1 is 0.958 bits per heavy atom. The van der Waals surface area contributed by atoms with Crippen molar-refractivity contribution in [1.29, 1.82) is 0 Å². The lowest BCUT2D eigenvalue weighted by molar-refractivity contribution is 0.172. The van der Waals surface area contributed by atoms with E-state index in [0.29, 0.717) is 12.3 Å². The third kappa shape index (κ3) is 2.76. The number of phenolic OH excluding ortho intramolecular Hbond substituents is 1. The molecule has 3 nitrogen and oxygen atoms in total. The van der Waals surface area contributed by atoms with Crippen LogP contribution in [0.3, 0.4) is 0 Å². The molecule has 0 saturated carbocycles. The van der Waals surface area contributed by atoms with Crippen LogP contribution in [0, 0.1) is 0 Å². The standard InChI is InChI=1S/C20H19BrN2O/c21-17-8-4-10-19(24)16(17)14-23-13-12-22-11-5-9-18(22)20(23)15-6-2-1-3-7-15/h1-11,20,24H,12-14H2. The predicted octanol–water partition coefficient (Wildman–Crippen LogP) is 4.56. The van der Waals surface area contributed by atoms with Crippen LogP contribution in [0.5, 0.6) is 5.75 Å². The molecular weight excluding hydrogens is 364 g/mol. The lowest BCUT2D eigenvalue weighted by Gasteiger charge is -2.37. The molecular formula is C20H19BrN2O. The molecule has 2 aromatic carbocycles. The Morgan fingerprint density at radius 3 is 2.58 bits per heavy atom. The zero-order valence-electron chi connectivity index (χ0n) is 13.3. The first-order chi connectivity index (χ1) is 11.7. The van der Waals surface area contributed by atoms with Gasteiger partial charge >= 0.3 is 0 Å². The van der Waals surface area contributed by atoms with Gasteiger partial charge in [0.25, 0.3) is 0 Å². The van der Waals surface area contributed by atoms with Crippen LogP contribution in [-0.2, 0) is 13.1 Å². The summed E-state index contributed by atoms with van der Waals surface area (Å²) in [4.78, 5) is 2.44. The quantitative estimate of drug-likeness (QED) is 0.718. The van der Waals surface area contributed by atoms with E-state index in [1.54, 1.807) is 6.07 Å². The number of phenols is 1. The molecule has 1 atom stereocenters. The molecule has 4 rings (SSSR count). The molecule has 1 aliphatic rings. The van der Waals surface area contributed by atoms with Crippen molar-refractivity contribution < 1.29 is 5.11 Å². The maximum absolute atomic E-state index is 10.3. The van der Waals surface area contributed by atoms with Crippen molar-refractivity contribution in [3.63, 3.8) is 0 Å². The second-order valence-electron chi connectivity index (χ2n) is 6.15. The zero-order valence-corrected chi connectivity index (χ0v) is 14.9. The van der Waals surface area contributed by atoms with E-state index >= 15 is 0 Å². The maximum atomic E-state index is 10.3. The minimum absolute atomic E-state index is 0.196. The van der Waals surface area contributed by atoms with Crippen LogP contribution in [-0.4, -0.2) is 21.1 Å². The summed E-state index contributed by atoms with van der Waals surface area (Å²) in [7, 11) is 0. The molecule has 1 aromatic heterocycles. The molecule has 1 N–H and O–H groups in total. The Kier molecular flexibility index (Phi) is 4.17. The second kappa shape index (κ2) is 6.46. The fraction of sp³-hybridized carbons (Fsp3) is 0.200. The first-order valence-electron chi connectivity index (χ1n) is 8.14. The first-order valence-corrected chi connectivity index (χ1v) is 8.94. The highest BCUT2D eigenvalue weighted by Crippen LogP contribution is 2.36. The average molecular weight is 383 g/mol. The minimum Gasteiger partial charge on any atom is -0.508 e. The van der Waals surface area contributed by atoms with Crippen molar-refractivity contribution in [2.75, 3.05) is 6.54 Å². The molecule has 4 heteroatoms. The Bertz CT molecular complexity index is 824. The van der Waals surface area contributed by atoms with Crippen LogP contribution < -0.4 is 0 Å². The molecule has 0 spiro atoms. The Morgan fingerprint density at radius 2 is 1.79 bits per heavy atom. The molecule has 0 amide bonds. The number of aromatic hydroxyl groups is 1. The molecule has 1 unspecified atom stereocenters. The van der Waals surface area contributed by atoms with Gasteiger partial charge in [0.1, 0.15) is 5.75 Å². The van der Waals surface area contributed by atoms with E-state index < -0.39 is 0 Å². The summed E-state index contributed by atoms with van der Waals surface area (Å²) in [5.74, 6) is 0.345. The third-order valence-corrected chi connectivity index (χ3v) is 5.45. The van der Waals surface area contributed by atoms with E-state index in [9.17, 15) is 5.11 Å². The van der Waals surface area contributed by atoms with Gasteiger partial charge in [-0.15, -0.1) is 0 Å². The van der Waals surface area contributed by atoms with Gasteiger partial charge in [-0.05, 0) is 29.8 Å². The van der Waals surface area contributed by atoms with Gasteiger partial charge in [0, 0.05) is 41.6 Å². The molecule has 24 heavy (non-hydrogen) atoms. The molecule has 0 saturated heterocycles. The van der Waals surface area contributed by atoms with Crippen LogP contribution in [0.15, 0.2) is 71.3 Å². The Balaban J connectivity index is 1.74. The van der Waals surface area contributed by atoms with E-state index in [2.05, 4.69) is 74.1 Å². The van der Waals surface area contributed by atoms with Crippen LogP contribution in [0.1, 0.15) is 22.9 Å². The molecule has 0 aliphatic carbocycles. The van der Waals surface area contributed by atoms with Crippen molar-refractivity contribution in [3.8, 4) is 5.75 Å². The van der Waals surface area contributed by atoms with E-state index in [1.165, 1.54) is 11.3 Å². The summed E-state index contributed by atoms with van der Waals surface area (Å²) < 4.78 is 3.28. The number of fused-ring (bicyclic) bond motifs is 1. The number of halogens is 1. The molecule has 0 fully saturated rings. The molecule has 0 radical (unpaired) electrons. The fourth-order valence-corrected chi connectivity index (χ4v) is 4.01. The van der Waals surface area contributed by atoms with E-state index in [0.717, 1.165) is 23.1 Å². The summed E-state index contributed by atoms with van der Waals surface area (Å²) in [6.07, 6.45) is 2.15. The predicted molar refractivity (Wildman–Crippen MR) is 98.9 cm³/mol. The largest absolute Gasteiger partial charge is 0.508 e. The smallest absolute Gasteiger partial charge is 0.121 e. The van der Waals surface area contributed by atoms with Crippen molar-refractivity contribution in [1.82, 2.24) is 9.47 Å². The normalized spacial score (nSPS) is 17.6. The Hall–Kier alpha value is -2.04. The van der Waals surface area contributed by atoms with Gasteiger partial charge in [0.05, 0.1) is 6.04 Å². The number of hydrogen-bond donors (Lipinski definition) is 1. The number of rotatable bonds is 3. The third-order valence-electron chi connectivity index (χ3n) is 4.71. The highest BCUT2D eigenvalue weighted by atomic mass is 79.9. The summed E-state index contributed by atoms with van der Waals surface area (Å²) in [6.45, 7) is 2.62. The monoisotopic (exact) mass is 382 g/mol. The van der Waals surface area contributed by atoms with Gasteiger partial charge in [0.2, 0.25) is 0 Å². The fourth-order valence-electron chi connectivity index (χ4n) is 3.53. The molecule has 2 heterocycles. The number of nitrogens with zero attached hydrogens (tertiary/aromatic N) is 2. The van der Waals surface area contributed by atoms with Crippen LogP contribution in [0.2, 0.25) is 0 Å². The van der Waals surface area contributed by atoms with E-state index in [1.807, 2.05) is 12.1 Å². The summed E-state index contributed by atoms with van der Waals surface area (Å²) in [5, 5.41) is 10.3. The van der Waals surface area contributed by atoms with E-state index in [-0.39, 0.29) is 6.04 Å². The van der Waals surface area contributed by atoms with Crippen molar-refractivity contribution >= 4 is 15.9 Å². The SMILES string of the molecule is Oc1cccc(Br)c1CN1CCn2cccc2C1c1ccccc1. The van der Waals surface area contributed by atoms with Gasteiger partial charge in [-0.1, -0.05) is 52.3 Å². The summed E-state index contributed by atoms with van der Waals surface area (Å²) >= 11 is 3.58. The van der Waals surface area contributed by atoms with Crippen LogP contribution >= 0.6 is 15.9 Å². The van der Waals surface area contributed by atoms with Gasteiger partial charge in [-0.2, -0.15) is 0 Å². The van der Waals surface area contributed by atoms with Crippen molar-refractivity contribution in [3.05, 3.63) is 88.2 Å². The molecule has 3 aromatic rings. The number of hydrogen-bond acceptors (Lipinski definition) is 2. The highest BCUT2D eigenvalue weighted by Gasteiger charge is 2.29. The lowest BCUT2D eigenvalue weighted by atomic mass is 9.99. The lowest BCUT2D eigenvalue weighted by Crippen LogP contribution is -2.38. The maximum Gasteiger partial charge on any atom is 0.121 e. The van der Waals surface area contributed by atoms with Crippen LogP contribution in [0.25, 0.3) is 0 Å². The van der Waals surface area contributed by atoms with Gasteiger partial charge < -0.3 is 9.67 Å². The van der Waals surface area contributed by atoms with E-state index in [4.69, 9.17) is 0 Å². The van der Waals surface area contributed by atoms with Crippen LogP contribution in [0.4, 0.5) is 0 Å².